The maximum atomic E-state index is 10.6. The SMILES string of the molecule is O=CC(Cl)N1CCN(c2ccc(Cl)cn2)CC1. The number of anilines is 1. The topological polar surface area (TPSA) is 36.4 Å². The van der Waals surface area contributed by atoms with E-state index >= 15 is 0 Å². The average Bonchev–Trinajstić information content (AvgIpc) is 2.39. The number of piperazine rings is 1. The first-order valence-electron chi connectivity index (χ1n) is 5.40. The van der Waals surface area contributed by atoms with E-state index in [1.165, 1.54) is 0 Å². The van der Waals surface area contributed by atoms with E-state index in [1.807, 2.05) is 17.0 Å². The van der Waals surface area contributed by atoms with Gasteiger partial charge in [0.2, 0.25) is 0 Å². The Balaban J connectivity index is 1.95. The van der Waals surface area contributed by atoms with Crippen LogP contribution in [0.4, 0.5) is 5.82 Å². The number of nitrogens with zero attached hydrogens (tertiary/aromatic N) is 3. The van der Waals surface area contributed by atoms with Crippen LogP contribution < -0.4 is 4.90 Å². The maximum absolute atomic E-state index is 10.6. The van der Waals surface area contributed by atoms with Crippen LogP contribution in [0, 0.1) is 0 Å². The van der Waals surface area contributed by atoms with Crippen molar-refractivity contribution in [3.63, 3.8) is 0 Å². The Hall–Kier alpha value is -0.840. The summed E-state index contributed by atoms with van der Waals surface area (Å²) in [7, 11) is 0. The molecule has 1 atom stereocenters. The molecule has 1 aliphatic rings. The van der Waals surface area contributed by atoms with Gasteiger partial charge < -0.3 is 9.69 Å². The van der Waals surface area contributed by atoms with Crippen LogP contribution in [0.3, 0.4) is 0 Å². The number of halogens is 2. The third-order valence-corrected chi connectivity index (χ3v) is 3.41. The van der Waals surface area contributed by atoms with E-state index in [1.54, 1.807) is 6.20 Å². The lowest BCUT2D eigenvalue weighted by molar-refractivity contribution is -0.110. The van der Waals surface area contributed by atoms with Crippen molar-refractivity contribution in [1.29, 1.82) is 0 Å². The van der Waals surface area contributed by atoms with E-state index < -0.39 is 5.50 Å². The zero-order chi connectivity index (χ0) is 12.3. The predicted molar refractivity (Wildman–Crippen MR) is 68.7 cm³/mol. The third-order valence-electron chi connectivity index (χ3n) is 2.81. The quantitative estimate of drug-likeness (QED) is 0.477. The number of hydrogen-bond acceptors (Lipinski definition) is 4. The summed E-state index contributed by atoms with van der Waals surface area (Å²) in [5.74, 6) is 0.909. The van der Waals surface area contributed by atoms with Crippen molar-refractivity contribution in [2.45, 2.75) is 5.50 Å². The summed E-state index contributed by atoms with van der Waals surface area (Å²) in [5.41, 5.74) is -0.518. The highest BCUT2D eigenvalue weighted by Gasteiger charge is 2.22. The molecule has 0 N–H and O–H groups in total. The summed E-state index contributed by atoms with van der Waals surface area (Å²) < 4.78 is 0. The van der Waals surface area contributed by atoms with Gasteiger partial charge in [0.05, 0.1) is 5.02 Å². The van der Waals surface area contributed by atoms with Gasteiger partial charge in [-0.1, -0.05) is 23.2 Å². The second-order valence-electron chi connectivity index (χ2n) is 3.87. The van der Waals surface area contributed by atoms with Gasteiger partial charge in [0.1, 0.15) is 11.3 Å². The number of alkyl halides is 1. The predicted octanol–water partition coefficient (Wildman–Crippen LogP) is 1.62. The van der Waals surface area contributed by atoms with Crippen molar-refractivity contribution in [3.8, 4) is 0 Å². The molecule has 2 heterocycles. The molecule has 1 unspecified atom stereocenters. The van der Waals surface area contributed by atoms with Crippen molar-refractivity contribution in [2.75, 3.05) is 31.1 Å². The molecular weight excluding hydrogens is 261 g/mol. The second kappa shape index (κ2) is 5.67. The highest BCUT2D eigenvalue weighted by Crippen LogP contribution is 2.17. The molecule has 92 valence electrons. The van der Waals surface area contributed by atoms with Gasteiger partial charge in [-0.3, -0.25) is 4.90 Å². The van der Waals surface area contributed by atoms with Gasteiger partial charge in [0.15, 0.2) is 6.29 Å². The van der Waals surface area contributed by atoms with Crippen LogP contribution in [0.25, 0.3) is 0 Å². The Bertz CT molecular complexity index is 377. The minimum Gasteiger partial charge on any atom is -0.354 e. The summed E-state index contributed by atoms with van der Waals surface area (Å²) in [5, 5.41) is 0.633. The summed E-state index contributed by atoms with van der Waals surface area (Å²) in [6.07, 6.45) is 2.40. The number of aldehydes is 1. The summed E-state index contributed by atoms with van der Waals surface area (Å²) in [4.78, 5) is 18.9. The zero-order valence-electron chi connectivity index (χ0n) is 9.22. The molecule has 1 fully saturated rings. The largest absolute Gasteiger partial charge is 0.354 e. The van der Waals surface area contributed by atoms with Crippen molar-refractivity contribution in [1.82, 2.24) is 9.88 Å². The van der Waals surface area contributed by atoms with Crippen LogP contribution in [0.1, 0.15) is 0 Å². The third kappa shape index (κ3) is 3.09. The fourth-order valence-corrected chi connectivity index (χ4v) is 2.15. The first kappa shape index (κ1) is 12.6. The summed E-state index contributed by atoms with van der Waals surface area (Å²) >= 11 is 11.7. The van der Waals surface area contributed by atoms with Crippen molar-refractivity contribution in [2.24, 2.45) is 0 Å². The normalized spacial score (nSPS) is 19.1. The van der Waals surface area contributed by atoms with Crippen LogP contribution >= 0.6 is 23.2 Å². The number of pyridine rings is 1. The van der Waals surface area contributed by atoms with E-state index in [2.05, 4.69) is 9.88 Å². The Morgan fingerprint density at radius 1 is 1.29 bits per heavy atom. The van der Waals surface area contributed by atoms with Crippen LogP contribution in [0.15, 0.2) is 18.3 Å². The summed E-state index contributed by atoms with van der Waals surface area (Å²) in [6.45, 7) is 3.14. The van der Waals surface area contributed by atoms with E-state index in [9.17, 15) is 4.79 Å². The standard InChI is InChI=1S/C11H13Cl2N3O/c12-9-1-2-11(14-7-9)16-5-3-15(4-6-16)10(13)8-17/h1-2,7-8,10H,3-6H2. The van der Waals surface area contributed by atoms with Gasteiger partial charge in [-0.15, -0.1) is 0 Å². The highest BCUT2D eigenvalue weighted by molar-refractivity contribution is 6.30. The molecule has 1 aromatic heterocycles. The first-order chi connectivity index (χ1) is 8.20. The van der Waals surface area contributed by atoms with Gasteiger partial charge in [-0.2, -0.15) is 0 Å². The molecule has 1 aromatic rings. The number of aromatic nitrogens is 1. The van der Waals surface area contributed by atoms with Gasteiger partial charge >= 0.3 is 0 Å². The van der Waals surface area contributed by atoms with Crippen LogP contribution in [0.5, 0.6) is 0 Å². The van der Waals surface area contributed by atoms with Crippen LogP contribution in [0.2, 0.25) is 5.02 Å². The van der Waals surface area contributed by atoms with E-state index in [4.69, 9.17) is 23.2 Å². The molecule has 0 saturated carbocycles. The molecule has 4 nitrogen and oxygen atoms in total. The molecular formula is C11H13Cl2N3O. The molecule has 6 heteroatoms. The van der Waals surface area contributed by atoms with Crippen molar-refractivity contribution in [3.05, 3.63) is 23.4 Å². The molecule has 17 heavy (non-hydrogen) atoms. The Kier molecular flexibility index (Phi) is 4.20. The van der Waals surface area contributed by atoms with E-state index in [0.29, 0.717) is 5.02 Å². The molecule has 1 aliphatic heterocycles. The molecule has 2 rings (SSSR count). The molecule has 0 amide bonds. The fraction of sp³-hybridized carbons (Fsp3) is 0.455. The molecule has 0 aliphatic carbocycles. The molecule has 0 spiro atoms. The molecule has 0 bridgehead atoms. The molecule has 0 aromatic carbocycles. The van der Waals surface area contributed by atoms with Gasteiger partial charge in [-0.25, -0.2) is 4.98 Å². The molecule has 0 radical (unpaired) electrons. The average molecular weight is 274 g/mol. The van der Waals surface area contributed by atoms with Gasteiger partial charge in [0, 0.05) is 32.4 Å². The lowest BCUT2D eigenvalue weighted by Crippen LogP contribution is -2.49. The molecule has 1 saturated heterocycles. The van der Waals surface area contributed by atoms with Crippen molar-refractivity contribution < 1.29 is 4.79 Å². The van der Waals surface area contributed by atoms with Crippen LogP contribution in [-0.2, 0) is 4.79 Å². The van der Waals surface area contributed by atoms with E-state index in [-0.39, 0.29) is 0 Å². The Morgan fingerprint density at radius 2 is 2.00 bits per heavy atom. The minimum atomic E-state index is -0.518. The number of carbonyl (C=O) groups excluding carboxylic acids is 1. The Morgan fingerprint density at radius 3 is 2.53 bits per heavy atom. The second-order valence-corrected chi connectivity index (χ2v) is 4.75. The fourth-order valence-electron chi connectivity index (χ4n) is 1.84. The summed E-state index contributed by atoms with van der Waals surface area (Å²) in [6, 6.07) is 3.72. The van der Waals surface area contributed by atoms with E-state index in [0.717, 1.165) is 38.3 Å². The smallest absolute Gasteiger partial charge is 0.152 e. The minimum absolute atomic E-state index is 0.518. The maximum Gasteiger partial charge on any atom is 0.152 e. The van der Waals surface area contributed by atoms with Gasteiger partial charge in [-0.05, 0) is 12.1 Å². The number of carbonyl (C=O) groups is 1. The zero-order valence-corrected chi connectivity index (χ0v) is 10.7. The lowest BCUT2D eigenvalue weighted by Gasteiger charge is -2.36. The number of hydrogen-bond donors (Lipinski definition) is 0. The monoisotopic (exact) mass is 273 g/mol. The van der Waals surface area contributed by atoms with Gasteiger partial charge in [0.25, 0.3) is 0 Å². The van der Waals surface area contributed by atoms with Crippen molar-refractivity contribution >= 4 is 35.3 Å². The lowest BCUT2D eigenvalue weighted by atomic mass is 10.3. The number of rotatable bonds is 3. The Labute approximate surface area is 110 Å². The highest BCUT2D eigenvalue weighted by atomic mass is 35.5. The first-order valence-corrected chi connectivity index (χ1v) is 6.22. The van der Waals surface area contributed by atoms with Crippen LogP contribution in [-0.4, -0.2) is 47.9 Å².